The van der Waals surface area contributed by atoms with Gasteiger partial charge in [-0.1, -0.05) is 13.8 Å². The minimum Gasteiger partial charge on any atom is -0.343 e. The van der Waals surface area contributed by atoms with Gasteiger partial charge in [-0.3, -0.25) is 14.5 Å². The first-order chi connectivity index (χ1) is 13.8. The van der Waals surface area contributed by atoms with Crippen molar-refractivity contribution in [2.45, 2.75) is 40.5 Å². The Hall–Kier alpha value is -1.83. The number of piperazine rings is 1. The lowest BCUT2D eigenvalue weighted by Crippen LogP contribution is -2.54. The summed E-state index contributed by atoms with van der Waals surface area (Å²) in [5.74, 6) is 1.41. The average molecular weight is 410 g/mol. The zero-order valence-corrected chi connectivity index (χ0v) is 18.7. The van der Waals surface area contributed by atoms with E-state index in [1.54, 1.807) is 9.80 Å². The van der Waals surface area contributed by atoms with E-state index in [4.69, 9.17) is 0 Å². The molecule has 4 amide bonds. The van der Waals surface area contributed by atoms with Gasteiger partial charge < -0.3 is 20.0 Å². The Morgan fingerprint density at radius 3 is 2.07 bits per heavy atom. The van der Waals surface area contributed by atoms with Gasteiger partial charge in [0.25, 0.3) is 0 Å². The summed E-state index contributed by atoms with van der Waals surface area (Å²) in [5, 5.41) is 2.85. The Labute approximate surface area is 175 Å². The lowest BCUT2D eigenvalue weighted by atomic mass is 9.92. The van der Waals surface area contributed by atoms with Crippen LogP contribution in [0.1, 0.15) is 40.5 Å². The van der Waals surface area contributed by atoms with E-state index in [-0.39, 0.29) is 17.8 Å². The fraction of sp³-hybridized carbons (Fsp3) is 0.857. The molecule has 0 aromatic carbocycles. The van der Waals surface area contributed by atoms with Gasteiger partial charge in [0.2, 0.25) is 11.8 Å². The summed E-state index contributed by atoms with van der Waals surface area (Å²) in [6.45, 7) is 14.9. The number of carbonyl (C=O) groups excluding carboxylic acids is 3. The highest BCUT2D eigenvalue weighted by atomic mass is 16.2. The van der Waals surface area contributed by atoms with Crippen LogP contribution in [0.2, 0.25) is 0 Å². The Bertz CT molecular complexity index is 549. The van der Waals surface area contributed by atoms with Gasteiger partial charge in [0.1, 0.15) is 0 Å². The molecule has 8 nitrogen and oxygen atoms in total. The van der Waals surface area contributed by atoms with Crippen molar-refractivity contribution in [1.29, 1.82) is 0 Å². The lowest BCUT2D eigenvalue weighted by Gasteiger charge is -2.38. The zero-order chi connectivity index (χ0) is 21.4. The molecule has 0 radical (unpaired) electrons. The molecular weight excluding hydrogens is 370 g/mol. The maximum Gasteiger partial charge on any atom is 0.317 e. The number of urea groups is 1. The fourth-order valence-corrected chi connectivity index (χ4v) is 4.39. The molecule has 0 unspecified atom stereocenters. The van der Waals surface area contributed by atoms with Gasteiger partial charge in [-0.05, 0) is 32.1 Å². The van der Waals surface area contributed by atoms with Gasteiger partial charge in [-0.15, -0.1) is 0 Å². The number of nitrogens with zero attached hydrogens (tertiary/aromatic N) is 4. The van der Waals surface area contributed by atoms with Crippen LogP contribution in [0.4, 0.5) is 4.79 Å². The zero-order valence-electron chi connectivity index (χ0n) is 18.7. The molecular formula is C21H39N5O3. The van der Waals surface area contributed by atoms with Crippen LogP contribution < -0.4 is 5.32 Å². The number of piperidine rings is 1. The topological polar surface area (TPSA) is 76.2 Å². The first-order valence-corrected chi connectivity index (χ1v) is 11.1. The number of hydrogen-bond acceptors (Lipinski definition) is 4. The molecule has 2 fully saturated rings. The second kappa shape index (κ2) is 11.4. The van der Waals surface area contributed by atoms with Gasteiger partial charge in [0.05, 0.1) is 6.54 Å². The highest BCUT2D eigenvalue weighted by molar-refractivity contribution is 5.79. The van der Waals surface area contributed by atoms with Crippen LogP contribution in [0.25, 0.3) is 0 Å². The Kier molecular flexibility index (Phi) is 9.20. The van der Waals surface area contributed by atoms with E-state index >= 15 is 0 Å². The molecule has 0 aliphatic carbocycles. The molecule has 0 aromatic heterocycles. The maximum atomic E-state index is 12.6. The Morgan fingerprint density at radius 1 is 0.931 bits per heavy atom. The third-order valence-corrected chi connectivity index (χ3v) is 5.97. The molecule has 0 spiro atoms. The lowest BCUT2D eigenvalue weighted by molar-refractivity contribution is -0.135. The molecule has 0 aromatic rings. The number of hydrogen-bond donors (Lipinski definition) is 1. The van der Waals surface area contributed by atoms with Crippen LogP contribution in [0.15, 0.2) is 0 Å². The molecule has 2 atom stereocenters. The van der Waals surface area contributed by atoms with E-state index in [1.165, 1.54) is 6.42 Å². The third-order valence-electron chi connectivity index (χ3n) is 5.97. The Balaban J connectivity index is 1.67. The highest BCUT2D eigenvalue weighted by Crippen LogP contribution is 2.21. The summed E-state index contributed by atoms with van der Waals surface area (Å²) >= 11 is 0. The van der Waals surface area contributed by atoms with E-state index in [1.807, 2.05) is 18.7 Å². The highest BCUT2D eigenvalue weighted by Gasteiger charge is 2.28. The van der Waals surface area contributed by atoms with Crippen molar-refractivity contribution < 1.29 is 14.4 Å². The van der Waals surface area contributed by atoms with E-state index in [9.17, 15) is 14.4 Å². The molecule has 0 saturated carbocycles. The first-order valence-electron chi connectivity index (χ1n) is 11.1. The first kappa shape index (κ1) is 23.4. The number of amides is 4. The van der Waals surface area contributed by atoms with Crippen LogP contribution in [-0.2, 0) is 9.59 Å². The average Bonchev–Trinajstić information content (AvgIpc) is 2.68. The van der Waals surface area contributed by atoms with E-state index < -0.39 is 0 Å². The summed E-state index contributed by atoms with van der Waals surface area (Å²) in [7, 11) is 0. The molecule has 2 heterocycles. The number of nitrogens with one attached hydrogen (secondary N) is 1. The summed E-state index contributed by atoms with van der Waals surface area (Å²) in [5.41, 5.74) is 0. The summed E-state index contributed by atoms with van der Waals surface area (Å²) in [6.07, 6.45) is 1.52. The van der Waals surface area contributed by atoms with E-state index in [0.29, 0.717) is 70.6 Å². The normalized spacial score (nSPS) is 23.0. The largest absolute Gasteiger partial charge is 0.343 e. The molecule has 2 saturated heterocycles. The van der Waals surface area contributed by atoms with Gasteiger partial charge in [-0.2, -0.15) is 0 Å². The van der Waals surface area contributed by atoms with Crippen molar-refractivity contribution in [3.8, 4) is 0 Å². The van der Waals surface area contributed by atoms with Crippen molar-refractivity contribution in [1.82, 2.24) is 24.9 Å². The van der Waals surface area contributed by atoms with Crippen LogP contribution in [-0.4, -0.2) is 103 Å². The molecule has 29 heavy (non-hydrogen) atoms. The molecule has 2 rings (SSSR count). The number of likely N-dealkylation sites (tertiary alicyclic amines) is 1. The van der Waals surface area contributed by atoms with Crippen LogP contribution in [0, 0.1) is 11.8 Å². The SMILES string of the molecule is CCN(CC)C(=O)CCNC(=O)N1CCN(CC(=O)N2C[C@H](C)C[C@@H](C)C2)CC1. The standard InChI is InChI=1S/C21H39N5O3/c1-5-24(6-2)19(27)7-8-22-21(29)25-11-9-23(10-12-25)16-20(28)26-14-17(3)13-18(4)15-26/h17-18H,5-16H2,1-4H3,(H,22,29)/t17-,18-/m1/s1. The molecule has 166 valence electrons. The summed E-state index contributed by atoms with van der Waals surface area (Å²) < 4.78 is 0. The van der Waals surface area contributed by atoms with Crippen molar-refractivity contribution in [2.24, 2.45) is 11.8 Å². The van der Waals surface area contributed by atoms with Gasteiger partial charge in [0, 0.05) is 65.3 Å². The minimum atomic E-state index is -0.123. The van der Waals surface area contributed by atoms with Gasteiger partial charge in [0.15, 0.2) is 0 Å². The van der Waals surface area contributed by atoms with Gasteiger partial charge in [-0.25, -0.2) is 4.79 Å². The molecule has 1 N–H and O–H groups in total. The summed E-state index contributed by atoms with van der Waals surface area (Å²) in [6, 6.07) is -0.123. The molecule has 2 aliphatic heterocycles. The number of carbonyl (C=O) groups is 3. The van der Waals surface area contributed by atoms with Crippen LogP contribution in [0.5, 0.6) is 0 Å². The maximum absolute atomic E-state index is 12.6. The predicted octanol–water partition coefficient (Wildman–Crippen LogP) is 1.08. The monoisotopic (exact) mass is 409 g/mol. The second-order valence-electron chi connectivity index (χ2n) is 8.56. The van der Waals surface area contributed by atoms with E-state index in [0.717, 1.165) is 13.1 Å². The van der Waals surface area contributed by atoms with Crippen LogP contribution in [0.3, 0.4) is 0 Å². The van der Waals surface area contributed by atoms with Crippen LogP contribution >= 0.6 is 0 Å². The predicted molar refractivity (Wildman–Crippen MR) is 113 cm³/mol. The van der Waals surface area contributed by atoms with Crippen molar-refractivity contribution >= 4 is 17.8 Å². The van der Waals surface area contributed by atoms with Crippen molar-refractivity contribution in [3.05, 3.63) is 0 Å². The van der Waals surface area contributed by atoms with Crippen molar-refractivity contribution in [3.63, 3.8) is 0 Å². The molecule has 0 bridgehead atoms. The molecule has 8 heteroatoms. The molecule has 2 aliphatic rings. The van der Waals surface area contributed by atoms with Crippen molar-refractivity contribution in [2.75, 3.05) is 65.4 Å². The summed E-state index contributed by atoms with van der Waals surface area (Å²) in [4.78, 5) is 44.7. The fourth-order valence-electron chi connectivity index (χ4n) is 4.39. The van der Waals surface area contributed by atoms with Gasteiger partial charge >= 0.3 is 6.03 Å². The number of rotatable bonds is 7. The minimum absolute atomic E-state index is 0.0694. The van der Waals surface area contributed by atoms with E-state index in [2.05, 4.69) is 24.1 Å². The smallest absolute Gasteiger partial charge is 0.317 e. The second-order valence-corrected chi connectivity index (χ2v) is 8.56. The quantitative estimate of drug-likeness (QED) is 0.683. The Morgan fingerprint density at radius 2 is 1.52 bits per heavy atom. The third kappa shape index (κ3) is 7.17.